The quantitative estimate of drug-likeness (QED) is 0.595. The third-order valence-electron chi connectivity index (χ3n) is 1.78. The van der Waals surface area contributed by atoms with E-state index in [9.17, 15) is 9.18 Å². The predicted molar refractivity (Wildman–Crippen MR) is 42.3 cm³/mol. The number of carbonyl (C=O) groups excluding carboxylic acids is 1. The van der Waals surface area contributed by atoms with Gasteiger partial charge in [0.1, 0.15) is 6.17 Å². The number of thioether (sulfide) groups is 1. The molecule has 11 heavy (non-hydrogen) atoms. The van der Waals surface area contributed by atoms with Crippen molar-refractivity contribution in [3.63, 3.8) is 0 Å². The molecule has 0 unspecified atom stereocenters. The summed E-state index contributed by atoms with van der Waals surface area (Å²) in [6, 6.07) is 0. The van der Waals surface area contributed by atoms with Crippen molar-refractivity contribution < 1.29 is 13.9 Å². The summed E-state index contributed by atoms with van der Waals surface area (Å²) in [4.78, 5) is 10.7. The lowest BCUT2D eigenvalue weighted by atomic mass is 10.0. The van der Waals surface area contributed by atoms with Crippen LogP contribution < -0.4 is 0 Å². The van der Waals surface area contributed by atoms with Crippen LogP contribution in [0.1, 0.15) is 6.42 Å². The van der Waals surface area contributed by atoms with Crippen molar-refractivity contribution in [1.29, 1.82) is 0 Å². The first-order valence-electron chi connectivity index (χ1n) is 3.52. The fourth-order valence-electron chi connectivity index (χ4n) is 1.06. The summed E-state index contributed by atoms with van der Waals surface area (Å²) in [7, 11) is 1.33. The van der Waals surface area contributed by atoms with Crippen LogP contribution in [0.3, 0.4) is 0 Å². The monoisotopic (exact) mass is 178 g/mol. The largest absolute Gasteiger partial charge is 0.469 e. The van der Waals surface area contributed by atoms with Gasteiger partial charge in [0.15, 0.2) is 0 Å². The van der Waals surface area contributed by atoms with E-state index in [1.54, 1.807) is 11.8 Å². The average Bonchev–Trinajstić information content (AvgIpc) is 2.37. The molecule has 1 rings (SSSR count). The molecule has 0 aromatic heterocycles. The summed E-state index contributed by atoms with van der Waals surface area (Å²) >= 11 is 1.56. The molecule has 1 aliphatic heterocycles. The van der Waals surface area contributed by atoms with Gasteiger partial charge < -0.3 is 4.74 Å². The second-order valence-electron chi connectivity index (χ2n) is 2.59. The van der Waals surface area contributed by atoms with E-state index in [4.69, 9.17) is 0 Å². The standard InChI is InChI=1S/C7H11FO2S/c1-10-7(9)2-5-3-11-4-6(5)8/h5-6H,2-4H2,1H3/t5-,6-/m1/s1. The summed E-state index contributed by atoms with van der Waals surface area (Å²) in [5.41, 5.74) is 0. The van der Waals surface area contributed by atoms with E-state index < -0.39 is 6.17 Å². The lowest BCUT2D eigenvalue weighted by Crippen LogP contribution is -2.18. The summed E-state index contributed by atoms with van der Waals surface area (Å²) in [6.07, 6.45) is -0.593. The molecule has 1 saturated heterocycles. The van der Waals surface area contributed by atoms with Crippen LogP contribution in [0.5, 0.6) is 0 Å². The molecule has 1 aliphatic rings. The van der Waals surface area contributed by atoms with Gasteiger partial charge in [-0.2, -0.15) is 11.8 Å². The average molecular weight is 178 g/mol. The highest BCUT2D eigenvalue weighted by Gasteiger charge is 2.29. The van der Waals surface area contributed by atoms with Gasteiger partial charge in [-0.3, -0.25) is 4.79 Å². The highest BCUT2D eigenvalue weighted by molar-refractivity contribution is 7.99. The molecular formula is C7H11FO2S. The molecule has 0 radical (unpaired) electrons. The van der Waals surface area contributed by atoms with Gasteiger partial charge in [-0.25, -0.2) is 4.39 Å². The zero-order valence-electron chi connectivity index (χ0n) is 6.38. The van der Waals surface area contributed by atoms with Crippen LogP contribution in [0.4, 0.5) is 4.39 Å². The lowest BCUT2D eigenvalue weighted by Gasteiger charge is -2.08. The number of esters is 1. The van der Waals surface area contributed by atoms with Gasteiger partial charge in [0, 0.05) is 11.7 Å². The fraction of sp³-hybridized carbons (Fsp3) is 0.857. The third kappa shape index (κ3) is 2.36. The summed E-state index contributed by atoms with van der Waals surface area (Å²) in [5.74, 6) is 0.852. The number of halogens is 1. The second-order valence-corrected chi connectivity index (χ2v) is 3.67. The first kappa shape index (κ1) is 8.84. The van der Waals surface area contributed by atoms with Gasteiger partial charge in [0.25, 0.3) is 0 Å². The maximum Gasteiger partial charge on any atom is 0.305 e. The zero-order chi connectivity index (χ0) is 8.27. The van der Waals surface area contributed by atoms with Crippen LogP contribution in [0, 0.1) is 5.92 Å². The van der Waals surface area contributed by atoms with E-state index in [0.717, 1.165) is 5.75 Å². The fourth-order valence-corrected chi connectivity index (χ4v) is 2.32. The first-order valence-corrected chi connectivity index (χ1v) is 4.68. The molecule has 0 N–H and O–H groups in total. The van der Waals surface area contributed by atoms with Crippen molar-refractivity contribution in [3.05, 3.63) is 0 Å². The Morgan fingerprint density at radius 1 is 1.73 bits per heavy atom. The Morgan fingerprint density at radius 2 is 2.45 bits per heavy atom. The molecule has 1 heterocycles. The smallest absolute Gasteiger partial charge is 0.305 e. The van der Waals surface area contributed by atoms with Gasteiger partial charge in [-0.05, 0) is 5.75 Å². The lowest BCUT2D eigenvalue weighted by molar-refractivity contribution is -0.141. The topological polar surface area (TPSA) is 26.3 Å². The minimum absolute atomic E-state index is 0.118. The van der Waals surface area contributed by atoms with E-state index >= 15 is 0 Å². The van der Waals surface area contributed by atoms with E-state index in [0.29, 0.717) is 5.75 Å². The van der Waals surface area contributed by atoms with Crippen molar-refractivity contribution >= 4 is 17.7 Å². The van der Waals surface area contributed by atoms with Gasteiger partial charge in [-0.1, -0.05) is 0 Å². The number of ether oxygens (including phenoxy) is 1. The number of hydrogen-bond donors (Lipinski definition) is 0. The Morgan fingerprint density at radius 3 is 2.91 bits per heavy atom. The second kappa shape index (κ2) is 3.95. The summed E-state index contributed by atoms with van der Waals surface area (Å²) in [6.45, 7) is 0. The minimum atomic E-state index is -0.820. The van der Waals surface area contributed by atoms with Gasteiger partial charge in [0.05, 0.1) is 13.5 Å². The Bertz CT molecular complexity index is 151. The number of alkyl halides is 1. The molecule has 4 heteroatoms. The predicted octanol–water partition coefficient (Wildman–Crippen LogP) is 1.25. The molecule has 0 amide bonds. The molecule has 1 fully saturated rings. The highest BCUT2D eigenvalue weighted by Crippen LogP contribution is 2.29. The molecule has 0 bridgehead atoms. The number of rotatable bonds is 2. The van der Waals surface area contributed by atoms with Crippen molar-refractivity contribution in [3.8, 4) is 0 Å². The van der Waals surface area contributed by atoms with Gasteiger partial charge in [0.2, 0.25) is 0 Å². The minimum Gasteiger partial charge on any atom is -0.469 e. The zero-order valence-corrected chi connectivity index (χ0v) is 7.20. The maximum absolute atomic E-state index is 12.9. The summed E-state index contributed by atoms with van der Waals surface area (Å²) < 4.78 is 17.3. The molecular weight excluding hydrogens is 167 g/mol. The first-order chi connectivity index (χ1) is 5.24. The van der Waals surface area contributed by atoms with E-state index in [1.165, 1.54) is 7.11 Å². The Labute approximate surface area is 69.5 Å². The normalized spacial score (nSPS) is 30.4. The number of hydrogen-bond acceptors (Lipinski definition) is 3. The Balaban J connectivity index is 2.30. The van der Waals surface area contributed by atoms with Crippen LogP contribution in [0.2, 0.25) is 0 Å². The molecule has 0 aromatic carbocycles. The highest BCUT2D eigenvalue weighted by atomic mass is 32.2. The van der Waals surface area contributed by atoms with E-state index in [2.05, 4.69) is 4.74 Å². The van der Waals surface area contributed by atoms with Crippen molar-refractivity contribution in [2.75, 3.05) is 18.6 Å². The number of carbonyl (C=O) groups is 1. The van der Waals surface area contributed by atoms with Crippen LogP contribution in [0.15, 0.2) is 0 Å². The summed E-state index contributed by atoms with van der Waals surface area (Å²) in [5, 5.41) is 0. The van der Waals surface area contributed by atoms with Crippen LogP contribution in [-0.2, 0) is 9.53 Å². The van der Waals surface area contributed by atoms with Crippen LogP contribution in [0.25, 0.3) is 0 Å². The van der Waals surface area contributed by atoms with Crippen LogP contribution in [-0.4, -0.2) is 30.8 Å². The molecule has 0 aromatic rings. The molecule has 0 aliphatic carbocycles. The van der Waals surface area contributed by atoms with E-state index in [1.807, 2.05) is 0 Å². The maximum atomic E-state index is 12.9. The molecule has 0 saturated carbocycles. The molecule has 2 atom stereocenters. The van der Waals surface area contributed by atoms with E-state index in [-0.39, 0.29) is 18.3 Å². The Kier molecular flexibility index (Phi) is 3.17. The van der Waals surface area contributed by atoms with Gasteiger partial charge in [-0.15, -0.1) is 0 Å². The molecule has 64 valence electrons. The van der Waals surface area contributed by atoms with Gasteiger partial charge >= 0.3 is 5.97 Å². The third-order valence-corrected chi connectivity index (χ3v) is 3.00. The van der Waals surface area contributed by atoms with Crippen LogP contribution >= 0.6 is 11.8 Å². The van der Waals surface area contributed by atoms with Crippen molar-refractivity contribution in [1.82, 2.24) is 0 Å². The molecule has 2 nitrogen and oxygen atoms in total. The van der Waals surface area contributed by atoms with Crippen molar-refractivity contribution in [2.45, 2.75) is 12.6 Å². The number of methoxy groups -OCH3 is 1. The Hall–Kier alpha value is -0.250. The SMILES string of the molecule is COC(=O)C[C@@H]1CSC[C@H]1F. The molecule has 0 spiro atoms. The van der Waals surface area contributed by atoms with Crippen molar-refractivity contribution in [2.24, 2.45) is 5.92 Å².